The molecule has 0 saturated heterocycles. The Kier molecular flexibility index (Phi) is 4.64. The smallest absolute Gasteiger partial charge is 0.174 e. The molecule has 0 fully saturated rings. The van der Waals surface area contributed by atoms with Crippen molar-refractivity contribution in [1.82, 2.24) is 0 Å². The second kappa shape index (κ2) is 5.47. The number of benzene rings is 1. The SMILES string of the molecule is CC[C@@](Cl)([C@H](O)c1ccc(OC)cc1)S(C)(=O)=O. The lowest BCUT2D eigenvalue weighted by molar-refractivity contribution is 0.155. The number of aliphatic hydroxyl groups excluding tert-OH is 1. The molecule has 0 heterocycles. The third kappa shape index (κ3) is 2.79. The molecule has 4 nitrogen and oxygen atoms in total. The minimum absolute atomic E-state index is 0.112. The van der Waals surface area contributed by atoms with Gasteiger partial charge in [-0.3, -0.25) is 0 Å². The predicted octanol–water partition coefficient (Wildman–Crippen LogP) is 2.12. The average molecular weight is 293 g/mol. The van der Waals surface area contributed by atoms with E-state index in [9.17, 15) is 13.5 Å². The third-order valence-electron chi connectivity index (χ3n) is 2.94. The van der Waals surface area contributed by atoms with Gasteiger partial charge in [0.1, 0.15) is 11.9 Å². The van der Waals surface area contributed by atoms with Crippen molar-refractivity contribution in [1.29, 1.82) is 0 Å². The Labute approximate surface area is 112 Å². The van der Waals surface area contributed by atoms with E-state index in [1.807, 2.05) is 0 Å². The average Bonchev–Trinajstić information content (AvgIpc) is 2.35. The van der Waals surface area contributed by atoms with Crippen LogP contribution in [-0.4, -0.2) is 31.1 Å². The first-order chi connectivity index (χ1) is 8.26. The number of ether oxygens (including phenoxy) is 1. The number of rotatable bonds is 5. The standard InChI is InChI=1S/C12H17ClO4S/c1-4-12(13,18(3,15)16)11(14)9-5-7-10(17-2)8-6-9/h5-8,11,14H,4H2,1-3H3/t11-,12+/m1/s1. The summed E-state index contributed by atoms with van der Waals surface area (Å²) in [4.78, 5) is 0. The fraction of sp³-hybridized carbons (Fsp3) is 0.500. The molecule has 0 radical (unpaired) electrons. The van der Waals surface area contributed by atoms with Crippen LogP contribution in [0.2, 0.25) is 0 Å². The number of sulfone groups is 1. The highest BCUT2D eigenvalue weighted by atomic mass is 35.5. The summed E-state index contributed by atoms with van der Waals surface area (Å²) in [6.07, 6.45) is -0.151. The van der Waals surface area contributed by atoms with E-state index in [0.717, 1.165) is 6.26 Å². The molecule has 0 aliphatic heterocycles. The molecule has 0 bridgehead atoms. The van der Waals surface area contributed by atoms with Gasteiger partial charge in [0.05, 0.1) is 7.11 Å². The van der Waals surface area contributed by atoms with Gasteiger partial charge in [-0.1, -0.05) is 30.7 Å². The van der Waals surface area contributed by atoms with Crippen LogP contribution in [0.1, 0.15) is 25.0 Å². The predicted molar refractivity (Wildman–Crippen MR) is 71.7 cm³/mol. The van der Waals surface area contributed by atoms with Crippen molar-refractivity contribution in [3.63, 3.8) is 0 Å². The Morgan fingerprint density at radius 2 is 1.89 bits per heavy atom. The monoisotopic (exact) mass is 292 g/mol. The van der Waals surface area contributed by atoms with Gasteiger partial charge in [0, 0.05) is 6.26 Å². The largest absolute Gasteiger partial charge is 0.497 e. The second-order valence-corrected chi connectivity index (χ2v) is 7.26. The highest BCUT2D eigenvalue weighted by Crippen LogP contribution is 2.39. The fourth-order valence-corrected chi connectivity index (χ4v) is 2.89. The van der Waals surface area contributed by atoms with E-state index < -0.39 is 20.1 Å². The first kappa shape index (κ1) is 15.3. The summed E-state index contributed by atoms with van der Waals surface area (Å²) in [7, 11) is -2.07. The number of alkyl halides is 1. The zero-order valence-electron chi connectivity index (χ0n) is 10.6. The van der Waals surface area contributed by atoms with Crippen molar-refractivity contribution in [3.8, 4) is 5.75 Å². The van der Waals surface area contributed by atoms with Crippen LogP contribution in [0.3, 0.4) is 0 Å². The highest BCUT2D eigenvalue weighted by Gasteiger charge is 2.44. The molecule has 1 aromatic carbocycles. The molecular weight excluding hydrogens is 276 g/mol. The summed E-state index contributed by atoms with van der Waals surface area (Å²) in [6, 6.07) is 6.49. The lowest BCUT2D eigenvalue weighted by atomic mass is 10.0. The van der Waals surface area contributed by atoms with E-state index in [0.29, 0.717) is 11.3 Å². The molecule has 1 rings (SSSR count). The molecule has 0 aliphatic carbocycles. The van der Waals surface area contributed by atoms with Crippen LogP contribution >= 0.6 is 11.6 Å². The van der Waals surface area contributed by atoms with Gasteiger partial charge in [0.15, 0.2) is 14.0 Å². The van der Waals surface area contributed by atoms with Crippen molar-refractivity contribution in [3.05, 3.63) is 29.8 Å². The van der Waals surface area contributed by atoms with E-state index in [1.165, 1.54) is 7.11 Å². The number of aliphatic hydroxyl groups is 1. The topological polar surface area (TPSA) is 63.6 Å². The van der Waals surface area contributed by atoms with Crippen LogP contribution in [0.4, 0.5) is 0 Å². The second-order valence-electron chi connectivity index (χ2n) is 4.09. The zero-order valence-corrected chi connectivity index (χ0v) is 12.1. The van der Waals surface area contributed by atoms with E-state index in [-0.39, 0.29) is 6.42 Å². The quantitative estimate of drug-likeness (QED) is 0.844. The Morgan fingerprint density at radius 1 is 1.39 bits per heavy atom. The van der Waals surface area contributed by atoms with E-state index in [2.05, 4.69) is 0 Å². The van der Waals surface area contributed by atoms with Gasteiger partial charge in [-0.05, 0) is 24.1 Å². The Hall–Kier alpha value is -0.780. The molecule has 0 aliphatic rings. The molecule has 0 saturated carbocycles. The van der Waals surface area contributed by atoms with Crippen molar-refractivity contribution in [2.24, 2.45) is 0 Å². The normalized spacial score (nSPS) is 16.9. The molecule has 0 aromatic heterocycles. The summed E-state index contributed by atoms with van der Waals surface area (Å²) in [5.74, 6) is 0.627. The lowest BCUT2D eigenvalue weighted by Crippen LogP contribution is -2.37. The maximum absolute atomic E-state index is 11.7. The molecule has 6 heteroatoms. The molecule has 0 amide bonds. The summed E-state index contributed by atoms with van der Waals surface area (Å²) < 4.78 is 26.7. The number of hydrogen-bond donors (Lipinski definition) is 1. The maximum Gasteiger partial charge on any atom is 0.174 e. The van der Waals surface area contributed by atoms with Crippen molar-refractivity contribution in [2.45, 2.75) is 23.7 Å². The van der Waals surface area contributed by atoms with E-state index in [1.54, 1.807) is 31.2 Å². The molecular formula is C12H17ClO4S. The minimum Gasteiger partial charge on any atom is -0.497 e. The minimum atomic E-state index is -3.59. The number of hydrogen-bond acceptors (Lipinski definition) is 4. The first-order valence-corrected chi connectivity index (χ1v) is 7.73. The van der Waals surface area contributed by atoms with Crippen LogP contribution in [-0.2, 0) is 9.84 Å². The number of methoxy groups -OCH3 is 1. The van der Waals surface area contributed by atoms with Gasteiger partial charge < -0.3 is 9.84 Å². The van der Waals surface area contributed by atoms with Crippen LogP contribution in [0.25, 0.3) is 0 Å². The molecule has 2 atom stereocenters. The van der Waals surface area contributed by atoms with Gasteiger partial charge in [0.2, 0.25) is 0 Å². The molecule has 102 valence electrons. The van der Waals surface area contributed by atoms with Crippen LogP contribution in [0.15, 0.2) is 24.3 Å². The third-order valence-corrected chi connectivity index (χ3v) is 6.00. The Bertz CT molecular complexity index is 497. The maximum atomic E-state index is 11.7. The molecule has 0 spiro atoms. The van der Waals surface area contributed by atoms with Crippen LogP contribution in [0.5, 0.6) is 5.75 Å². The van der Waals surface area contributed by atoms with Crippen LogP contribution in [0, 0.1) is 0 Å². The lowest BCUT2D eigenvalue weighted by Gasteiger charge is -2.29. The highest BCUT2D eigenvalue weighted by molar-refractivity contribution is 7.93. The number of halogens is 1. The van der Waals surface area contributed by atoms with Crippen molar-refractivity contribution < 1.29 is 18.3 Å². The van der Waals surface area contributed by atoms with E-state index >= 15 is 0 Å². The van der Waals surface area contributed by atoms with Gasteiger partial charge in [-0.15, -0.1) is 0 Å². The molecule has 1 N–H and O–H groups in total. The first-order valence-electron chi connectivity index (χ1n) is 5.46. The molecule has 18 heavy (non-hydrogen) atoms. The van der Waals surface area contributed by atoms with E-state index in [4.69, 9.17) is 16.3 Å². The van der Waals surface area contributed by atoms with Crippen molar-refractivity contribution in [2.75, 3.05) is 13.4 Å². The van der Waals surface area contributed by atoms with Crippen molar-refractivity contribution >= 4 is 21.4 Å². The fourth-order valence-electron chi connectivity index (χ4n) is 1.69. The van der Waals surface area contributed by atoms with Gasteiger partial charge in [-0.25, -0.2) is 8.42 Å². The Balaban J connectivity index is 3.15. The molecule has 0 unspecified atom stereocenters. The Morgan fingerprint density at radius 3 is 2.22 bits per heavy atom. The summed E-state index contributed by atoms with van der Waals surface area (Å²) >= 11 is 6.09. The van der Waals surface area contributed by atoms with Gasteiger partial charge in [0.25, 0.3) is 0 Å². The van der Waals surface area contributed by atoms with Gasteiger partial charge in [-0.2, -0.15) is 0 Å². The summed E-state index contributed by atoms with van der Waals surface area (Å²) in [6.45, 7) is 1.63. The summed E-state index contributed by atoms with van der Waals surface area (Å²) in [5, 5.41) is 10.2. The van der Waals surface area contributed by atoms with Gasteiger partial charge >= 0.3 is 0 Å². The van der Waals surface area contributed by atoms with Crippen LogP contribution < -0.4 is 4.74 Å². The summed E-state index contributed by atoms with van der Waals surface area (Å²) in [5.41, 5.74) is 0.443. The molecule has 1 aromatic rings. The zero-order chi connectivity index (χ0) is 14.0.